The van der Waals surface area contributed by atoms with Crippen molar-refractivity contribution in [2.75, 3.05) is 19.3 Å². The molecule has 3 nitrogen and oxygen atoms in total. The Hall–Kier alpha value is -1.07. The summed E-state index contributed by atoms with van der Waals surface area (Å²) in [5.41, 5.74) is 6.72. The van der Waals surface area contributed by atoms with Crippen LogP contribution < -0.4 is 5.73 Å². The predicted molar refractivity (Wildman–Crippen MR) is 85.8 cm³/mol. The zero-order valence-corrected chi connectivity index (χ0v) is 13.5. The van der Waals surface area contributed by atoms with Gasteiger partial charge in [0.1, 0.15) is 4.88 Å². The first-order valence-corrected chi connectivity index (χ1v) is 7.89. The van der Waals surface area contributed by atoms with Crippen LogP contribution in [0.5, 0.6) is 0 Å². The van der Waals surface area contributed by atoms with Gasteiger partial charge in [-0.15, -0.1) is 11.3 Å². The van der Waals surface area contributed by atoms with Gasteiger partial charge in [0.05, 0.1) is 5.69 Å². The van der Waals surface area contributed by atoms with Gasteiger partial charge in [0.2, 0.25) is 0 Å². The molecule has 0 aliphatic rings. The van der Waals surface area contributed by atoms with Gasteiger partial charge >= 0.3 is 0 Å². The zero-order valence-electron chi connectivity index (χ0n) is 11.1. The number of benzene rings is 1. The topological polar surface area (TPSA) is 46.3 Å². The molecule has 0 saturated heterocycles. The number of carbonyl (C=O) groups excluding carboxylic acids is 1. The summed E-state index contributed by atoms with van der Waals surface area (Å²) < 4.78 is 1.98. The Morgan fingerprint density at radius 2 is 2.21 bits per heavy atom. The van der Waals surface area contributed by atoms with Crippen LogP contribution in [0.3, 0.4) is 0 Å². The van der Waals surface area contributed by atoms with Crippen LogP contribution in [0.15, 0.2) is 22.7 Å². The molecule has 0 atom stereocenters. The maximum Gasteiger partial charge on any atom is 0.265 e. The second kappa shape index (κ2) is 5.92. The average molecular weight is 341 g/mol. The van der Waals surface area contributed by atoms with Crippen LogP contribution in [0.1, 0.15) is 29.4 Å². The molecular weight excluding hydrogens is 324 g/mol. The summed E-state index contributed by atoms with van der Waals surface area (Å²) >= 11 is 4.95. The normalized spacial score (nSPS) is 10.9. The molecule has 0 unspecified atom stereocenters. The van der Waals surface area contributed by atoms with E-state index < -0.39 is 0 Å². The molecule has 0 spiro atoms. The zero-order chi connectivity index (χ0) is 14.0. The van der Waals surface area contributed by atoms with E-state index in [1.165, 1.54) is 11.3 Å². The minimum Gasteiger partial charge on any atom is -0.397 e. The van der Waals surface area contributed by atoms with Gasteiger partial charge in [0.15, 0.2) is 0 Å². The Labute approximate surface area is 125 Å². The van der Waals surface area contributed by atoms with Gasteiger partial charge < -0.3 is 10.6 Å². The van der Waals surface area contributed by atoms with E-state index in [0.717, 1.165) is 33.9 Å². The van der Waals surface area contributed by atoms with E-state index in [0.29, 0.717) is 10.6 Å². The number of amides is 1. The molecule has 1 amide bonds. The molecule has 102 valence electrons. The Balaban J connectivity index is 2.38. The predicted octanol–water partition coefficient (Wildman–Crippen LogP) is 4.12. The number of unbranched alkanes of at least 4 members (excludes halogenated alkanes) is 1. The Morgan fingerprint density at radius 1 is 1.47 bits per heavy atom. The van der Waals surface area contributed by atoms with E-state index in [9.17, 15) is 4.79 Å². The molecule has 0 saturated carbocycles. The third kappa shape index (κ3) is 2.77. The van der Waals surface area contributed by atoms with Crippen LogP contribution in [0, 0.1) is 0 Å². The molecule has 1 aromatic heterocycles. The molecule has 2 aromatic rings. The van der Waals surface area contributed by atoms with Crippen LogP contribution in [-0.4, -0.2) is 24.4 Å². The molecule has 2 rings (SSSR count). The lowest BCUT2D eigenvalue weighted by Crippen LogP contribution is -2.27. The lowest BCUT2D eigenvalue weighted by atomic mass is 10.2. The second-order valence-corrected chi connectivity index (χ2v) is 6.44. The summed E-state index contributed by atoms with van der Waals surface area (Å²) in [5.74, 6) is 0.0130. The molecule has 19 heavy (non-hydrogen) atoms. The van der Waals surface area contributed by atoms with E-state index in [-0.39, 0.29) is 5.91 Å². The lowest BCUT2D eigenvalue weighted by molar-refractivity contribution is 0.0799. The van der Waals surface area contributed by atoms with Gasteiger partial charge in [-0.2, -0.15) is 0 Å². The summed E-state index contributed by atoms with van der Waals surface area (Å²) in [5, 5.41) is 0.944. The second-order valence-electron chi connectivity index (χ2n) is 4.54. The number of anilines is 1. The Kier molecular flexibility index (Phi) is 4.47. The maximum atomic E-state index is 12.4. The van der Waals surface area contributed by atoms with Gasteiger partial charge in [0.25, 0.3) is 5.91 Å². The van der Waals surface area contributed by atoms with Crippen molar-refractivity contribution in [1.29, 1.82) is 0 Å². The summed E-state index contributed by atoms with van der Waals surface area (Å²) in [7, 11) is 1.83. The van der Waals surface area contributed by atoms with Crippen molar-refractivity contribution in [2.45, 2.75) is 19.8 Å². The molecule has 0 aliphatic heterocycles. The number of rotatable bonds is 4. The van der Waals surface area contributed by atoms with Crippen LogP contribution >= 0.6 is 27.3 Å². The number of nitrogens with zero attached hydrogens (tertiary/aromatic N) is 1. The number of hydrogen-bond donors (Lipinski definition) is 1. The number of hydrogen-bond acceptors (Lipinski definition) is 3. The van der Waals surface area contributed by atoms with Crippen molar-refractivity contribution in [3.63, 3.8) is 0 Å². The third-order valence-electron chi connectivity index (χ3n) is 3.09. The van der Waals surface area contributed by atoms with E-state index in [2.05, 4.69) is 22.9 Å². The monoisotopic (exact) mass is 340 g/mol. The molecule has 0 fully saturated rings. The number of nitrogens with two attached hydrogens (primary N) is 1. The smallest absolute Gasteiger partial charge is 0.265 e. The van der Waals surface area contributed by atoms with Gasteiger partial charge in [0, 0.05) is 28.2 Å². The van der Waals surface area contributed by atoms with Crippen LogP contribution in [-0.2, 0) is 0 Å². The molecule has 0 aliphatic carbocycles. The molecule has 0 bridgehead atoms. The van der Waals surface area contributed by atoms with Crippen molar-refractivity contribution in [3.8, 4) is 0 Å². The highest BCUT2D eigenvalue weighted by atomic mass is 79.9. The van der Waals surface area contributed by atoms with E-state index in [1.54, 1.807) is 4.90 Å². The number of fused-ring (bicyclic) bond motifs is 1. The quantitative estimate of drug-likeness (QED) is 0.909. The molecule has 5 heteroatoms. The number of carbonyl (C=O) groups is 1. The lowest BCUT2D eigenvalue weighted by Gasteiger charge is -2.15. The molecular formula is C14H17BrN2OS. The van der Waals surface area contributed by atoms with Gasteiger partial charge in [-0.25, -0.2) is 0 Å². The van der Waals surface area contributed by atoms with Crippen molar-refractivity contribution >= 4 is 48.9 Å². The molecule has 1 aromatic carbocycles. The minimum atomic E-state index is 0.0130. The number of halogens is 1. The highest BCUT2D eigenvalue weighted by molar-refractivity contribution is 9.10. The van der Waals surface area contributed by atoms with E-state index in [4.69, 9.17) is 5.73 Å². The minimum absolute atomic E-state index is 0.0130. The highest BCUT2D eigenvalue weighted by Crippen LogP contribution is 2.38. The van der Waals surface area contributed by atoms with E-state index >= 15 is 0 Å². The fourth-order valence-corrected chi connectivity index (χ4v) is 3.81. The van der Waals surface area contributed by atoms with Crippen molar-refractivity contribution in [3.05, 3.63) is 27.5 Å². The first-order valence-electron chi connectivity index (χ1n) is 6.28. The van der Waals surface area contributed by atoms with E-state index in [1.807, 2.05) is 25.2 Å². The standard InChI is InChI=1S/C14H17BrN2OS/c1-3-4-8-17(2)14(18)13-12(16)11-9(15)6-5-7-10(11)19-13/h5-7H,3-4,8,16H2,1-2H3. The number of thiophene rings is 1. The fraction of sp³-hybridized carbons (Fsp3) is 0.357. The SMILES string of the molecule is CCCCN(C)C(=O)c1sc2cccc(Br)c2c1N. The largest absolute Gasteiger partial charge is 0.397 e. The van der Waals surface area contributed by atoms with Crippen molar-refractivity contribution in [2.24, 2.45) is 0 Å². The first-order chi connectivity index (χ1) is 9.06. The Morgan fingerprint density at radius 3 is 2.84 bits per heavy atom. The molecule has 0 radical (unpaired) electrons. The maximum absolute atomic E-state index is 12.4. The third-order valence-corrected chi connectivity index (χ3v) is 4.91. The van der Waals surface area contributed by atoms with Crippen LogP contribution in [0.2, 0.25) is 0 Å². The highest BCUT2D eigenvalue weighted by Gasteiger charge is 2.20. The summed E-state index contributed by atoms with van der Waals surface area (Å²) in [4.78, 5) is 14.8. The molecule has 2 N–H and O–H groups in total. The van der Waals surface area contributed by atoms with Crippen LogP contribution in [0.25, 0.3) is 10.1 Å². The van der Waals surface area contributed by atoms with Crippen LogP contribution in [0.4, 0.5) is 5.69 Å². The summed E-state index contributed by atoms with van der Waals surface area (Å²) in [6, 6.07) is 5.89. The van der Waals surface area contributed by atoms with Crippen molar-refractivity contribution < 1.29 is 4.79 Å². The molecule has 1 heterocycles. The van der Waals surface area contributed by atoms with Gasteiger partial charge in [-0.05, 0) is 18.6 Å². The van der Waals surface area contributed by atoms with Crippen molar-refractivity contribution in [1.82, 2.24) is 4.90 Å². The average Bonchev–Trinajstić information content (AvgIpc) is 2.73. The summed E-state index contributed by atoms with van der Waals surface area (Å²) in [6.07, 6.45) is 2.09. The summed E-state index contributed by atoms with van der Waals surface area (Å²) in [6.45, 7) is 2.88. The van der Waals surface area contributed by atoms with Gasteiger partial charge in [-0.3, -0.25) is 4.79 Å². The first kappa shape index (κ1) is 14.3. The fourth-order valence-electron chi connectivity index (χ4n) is 1.96. The Bertz CT molecular complexity index is 609. The number of nitrogen functional groups attached to an aromatic ring is 1. The van der Waals surface area contributed by atoms with Gasteiger partial charge in [-0.1, -0.05) is 35.3 Å².